The van der Waals surface area contributed by atoms with E-state index in [0.717, 1.165) is 6.20 Å². The summed E-state index contributed by atoms with van der Waals surface area (Å²) in [7, 11) is 0. The zero-order valence-electron chi connectivity index (χ0n) is 13.7. The summed E-state index contributed by atoms with van der Waals surface area (Å²) >= 11 is 0. The molecule has 1 amide bonds. The minimum atomic E-state index is -1.10. The molecular formula is C16H15F2N3O5. The van der Waals surface area contributed by atoms with Crippen molar-refractivity contribution in [3.8, 4) is 6.01 Å². The molecule has 0 spiro atoms. The minimum Gasteiger partial charge on any atom is -0.463 e. The van der Waals surface area contributed by atoms with E-state index in [1.807, 2.05) is 5.32 Å². The number of nitrogens with one attached hydrogen (secondary N) is 1. The van der Waals surface area contributed by atoms with Crippen LogP contribution in [0.15, 0.2) is 30.5 Å². The van der Waals surface area contributed by atoms with Crippen molar-refractivity contribution in [3.05, 3.63) is 47.7 Å². The van der Waals surface area contributed by atoms with Gasteiger partial charge in [-0.25, -0.2) is 23.4 Å². The summed E-state index contributed by atoms with van der Waals surface area (Å²) in [4.78, 5) is 29.9. The number of hydrogen-bond acceptors (Lipinski definition) is 7. The average molecular weight is 367 g/mol. The summed E-state index contributed by atoms with van der Waals surface area (Å²) < 4.78 is 41.1. The lowest BCUT2D eigenvalue weighted by molar-refractivity contribution is -0.146. The average Bonchev–Trinajstić information content (AvgIpc) is 2.61. The molecule has 138 valence electrons. The maximum atomic E-state index is 13.7. The lowest BCUT2D eigenvalue weighted by Crippen LogP contribution is -2.21. The van der Waals surface area contributed by atoms with Gasteiger partial charge in [0.15, 0.2) is 18.2 Å². The van der Waals surface area contributed by atoms with Crippen LogP contribution in [0.5, 0.6) is 6.01 Å². The van der Waals surface area contributed by atoms with E-state index in [9.17, 15) is 18.4 Å². The zero-order valence-corrected chi connectivity index (χ0v) is 13.7. The van der Waals surface area contributed by atoms with Crippen molar-refractivity contribution in [1.29, 1.82) is 0 Å². The number of anilines is 1. The van der Waals surface area contributed by atoms with Crippen LogP contribution in [0.4, 0.5) is 19.4 Å². The Labute approximate surface area is 147 Å². The molecule has 0 saturated heterocycles. The Morgan fingerprint density at radius 1 is 1.23 bits per heavy atom. The fourth-order valence-electron chi connectivity index (χ4n) is 1.74. The van der Waals surface area contributed by atoms with Gasteiger partial charge in [0, 0.05) is 0 Å². The van der Waals surface area contributed by atoms with E-state index in [2.05, 4.69) is 19.4 Å². The van der Waals surface area contributed by atoms with Gasteiger partial charge in [0.2, 0.25) is 0 Å². The fourth-order valence-corrected chi connectivity index (χ4v) is 1.74. The summed E-state index contributed by atoms with van der Waals surface area (Å²) in [6.45, 7) is 1.04. The Morgan fingerprint density at radius 3 is 2.77 bits per heavy atom. The van der Waals surface area contributed by atoms with Gasteiger partial charge < -0.3 is 14.2 Å². The normalized spacial score (nSPS) is 10.1. The van der Waals surface area contributed by atoms with Crippen molar-refractivity contribution in [1.82, 2.24) is 9.97 Å². The van der Waals surface area contributed by atoms with Crippen LogP contribution in [0.3, 0.4) is 0 Å². The highest BCUT2D eigenvalue weighted by Crippen LogP contribution is 2.15. The van der Waals surface area contributed by atoms with Crippen LogP contribution in [0, 0.1) is 11.6 Å². The predicted octanol–water partition coefficient (Wildman–Crippen LogP) is 2.45. The summed E-state index contributed by atoms with van der Waals surface area (Å²) in [6.07, 6.45) is -0.318. The van der Waals surface area contributed by atoms with Gasteiger partial charge in [-0.3, -0.25) is 5.32 Å². The largest absolute Gasteiger partial charge is 0.463 e. The topological polar surface area (TPSA) is 99.6 Å². The molecule has 1 heterocycles. The number of rotatable bonds is 7. The van der Waals surface area contributed by atoms with Crippen molar-refractivity contribution in [3.63, 3.8) is 0 Å². The molecule has 10 heteroatoms. The fraction of sp³-hybridized carbons (Fsp3) is 0.250. The van der Waals surface area contributed by atoms with Crippen LogP contribution in [-0.4, -0.2) is 35.2 Å². The Hall–Kier alpha value is -3.30. The molecule has 0 saturated carbocycles. The first-order chi connectivity index (χ1) is 12.5. The number of hydrogen-bond donors (Lipinski definition) is 1. The SMILES string of the molecule is CCOC(=O)COC(=O)Nc1nc(OCc2cccc(F)c2)ncc1F. The summed E-state index contributed by atoms with van der Waals surface area (Å²) in [5.74, 6) is -2.61. The van der Waals surface area contributed by atoms with Crippen LogP contribution >= 0.6 is 0 Å². The number of nitrogens with zero attached hydrogens (tertiary/aromatic N) is 2. The van der Waals surface area contributed by atoms with Gasteiger partial charge in [-0.1, -0.05) is 12.1 Å². The Kier molecular flexibility index (Phi) is 6.77. The standard InChI is InChI=1S/C16H15F2N3O5/c1-2-24-13(22)9-26-16(23)21-14-12(18)7-19-15(20-14)25-8-10-4-3-5-11(17)6-10/h3-7H,2,8-9H2,1H3,(H,19,20,21,23). The van der Waals surface area contributed by atoms with Crippen molar-refractivity contribution < 1.29 is 32.6 Å². The number of halogens is 2. The highest BCUT2D eigenvalue weighted by Gasteiger charge is 2.14. The smallest absolute Gasteiger partial charge is 0.413 e. The van der Waals surface area contributed by atoms with E-state index in [1.165, 1.54) is 18.2 Å². The second-order valence-corrected chi connectivity index (χ2v) is 4.77. The Balaban J connectivity index is 1.93. The molecule has 0 fully saturated rings. The number of carbonyl (C=O) groups excluding carboxylic acids is 2. The third-order valence-corrected chi connectivity index (χ3v) is 2.83. The lowest BCUT2D eigenvalue weighted by Gasteiger charge is -2.09. The molecule has 2 aromatic rings. The van der Waals surface area contributed by atoms with Gasteiger partial charge in [-0.15, -0.1) is 0 Å². The molecular weight excluding hydrogens is 352 g/mol. The van der Waals surface area contributed by atoms with E-state index in [-0.39, 0.29) is 19.2 Å². The number of esters is 1. The first-order valence-electron chi connectivity index (χ1n) is 7.47. The van der Waals surface area contributed by atoms with Crippen LogP contribution in [0.25, 0.3) is 0 Å². The molecule has 1 aromatic heterocycles. The first kappa shape index (κ1) is 19.0. The molecule has 0 bridgehead atoms. The van der Waals surface area contributed by atoms with Crippen molar-refractivity contribution in [2.45, 2.75) is 13.5 Å². The van der Waals surface area contributed by atoms with Crippen LogP contribution < -0.4 is 10.1 Å². The van der Waals surface area contributed by atoms with Crippen LogP contribution in [0.2, 0.25) is 0 Å². The van der Waals surface area contributed by atoms with E-state index < -0.39 is 36.1 Å². The Morgan fingerprint density at radius 2 is 2.04 bits per heavy atom. The number of aromatic nitrogens is 2. The zero-order chi connectivity index (χ0) is 18.9. The molecule has 1 aromatic carbocycles. The van der Waals surface area contributed by atoms with Gasteiger partial charge >= 0.3 is 18.1 Å². The number of ether oxygens (including phenoxy) is 3. The molecule has 0 atom stereocenters. The summed E-state index contributed by atoms with van der Waals surface area (Å²) in [5, 5.41) is 2.02. The number of carbonyl (C=O) groups is 2. The number of benzene rings is 1. The molecule has 1 N–H and O–H groups in total. The van der Waals surface area contributed by atoms with Crippen molar-refractivity contribution in [2.24, 2.45) is 0 Å². The molecule has 26 heavy (non-hydrogen) atoms. The Bertz CT molecular complexity index is 788. The van der Waals surface area contributed by atoms with Crippen molar-refractivity contribution in [2.75, 3.05) is 18.5 Å². The molecule has 0 aliphatic heterocycles. The second kappa shape index (κ2) is 9.25. The van der Waals surface area contributed by atoms with Crippen LogP contribution in [0.1, 0.15) is 12.5 Å². The second-order valence-electron chi connectivity index (χ2n) is 4.77. The van der Waals surface area contributed by atoms with Crippen molar-refractivity contribution >= 4 is 17.9 Å². The highest BCUT2D eigenvalue weighted by molar-refractivity contribution is 5.85. The molecule has 8 nitrogen and oxygen atoms in total. The summed E-state index contributed by atoms with van der Waals surface area (Å²) in [6, 6.07) is 5.43. The third kappa shape index (κ3) is 5.96. The quantitative estimate of drug-likeness (QED) is 0.750. The van der Waals surface area contributed by atoms with E-state index in [1.54, 1.807) is 13.0 Å². The first-order valence-corrected chi connectivity index (χ1v) is 7.47. The predicted molar refractivity (Wildman–Crippen MR) is 84.3 cm³/mol. The maximum Gasteiger partial charge on any atom is 0.413 e. The lowest BCUT2D eigenvalue weighted by atomic mass is 10.2. The van der Waals surface area contributed by atoms with E-state index in [0.29, 0.717) is 5.56 Å². The van der Waals surface area contributed by atoms with E-state index in [4.69, 9.17) is 4.74 Å². The third-order valence-electron chi connectivity index (χ3n) is 2.83. The molecule has 0 aliphatic rings. The number of amides is 1. The molecule has 0 radical (unpaired) electrons. The van der Waals surface area contributed by atoms with Gasteiger partial charge in [0.25, 0.3) is 0 Å². The molecule has 0 unspecified atom stereocenters. The van der Waals surface area contributed by atoms with Gasteiger partial charge in [0.05, 0.1) is 12.8 Å². The minimum absolute atomic E-state index is 0.0594. The highest BCUT2D eigenvalue weighted by atomic mass is 19.1. The van der Waals surface area contributed by atoms with Gasteiger partial charge in [-0.05, 0) is 24.6 Å². The van der Waals surface area contributed by atoms with Gasteiger partial charge in [0.1, 0.15) is 12.4 Å². The van der Waals surface area contributed by atoms with Gasteiger partial charge in [-0.2, -0.15) is 4.98 Å². The molecule has 2 rings (SSSR count). The van der Waals surface area contributed by atoms with Crippen LogP contribution in [-0.2, 0) is 20.9 Å². The maximum absolute atomic E-state index is 13.7. The summed E-state index contributed by atoms with van der Waals surface area (Å²) in [5.41, 5.74) is 0.515. The van der Waals surface area contributed by atoms with E-state index >= 15 is 0 Å². The monoisotopic (exact) mass is 367 g/mol. The molecule has 0 aliphatic carbocycles.